The van der Waals surface area contributed by atoms with E-state index in [1.807, 2.05) is 0 Å². The highest BCUT2D eigenvalue weighted by atomic mass is 16.6. The van der Waals surface area contributed by atoms with Crippen molar-refractivity contribution in [2.24, 2.45) is 5.90 Å². The summed E-state index contributed by atoms with van der Waals surface area (Å²) >= 11 is 0. The summed E-state index contributed by atoms with van der Waals surface area (Å²) < 4.78 is 0. The Bertz CT molecular complexity index is 75.5. The topological polar surface area (TPSA) is 52.3 Å². The van der Waals surface area contributed by atoms with Gasteiger partial charge in [0, 0.05) is 0 Å². The monoisotopic (exact) mass is 131 g/mol. The number of nitrogens with two attached hydrogens (primary N) is 1. The van der Waals surface area contributed by atoms with Crippen LogP contribution in [0, 0.1) is 0 Å². The minimum atomic E-state index is -0.398. The standard InChI is InChI=1S/C6H13NO2/c1-2-3-4-6(5-8)9-7/h5-6H,2-4,7H2,1H3. The lowest BCUT2D eigenvalue weighted by Gasteiger charge is -2.03. The molecule has 0 saturated heterocycles. The van der Waals surface area contributed by atoms with Crippen molar-refractivity contribution in [2.75, 3.05) is 0 Å². The average Bonchev–Trinajstić information content (AvgIpc) is 1.91. The third-order valence-corrected chi connectivity index (χ3v) is 1.17. The van der Waals surface area contributed by atoms with Crippen molar-refractivity contribution in [3.8, 4) is 0 Å². The highest BCUT2D eigenvalue weighted by molar-refractivity contribution is 5.55. The third-order valence-electron chi connectivity index (χ3n) is 1.17. The van der Waals surface area contributed by atoms with Crippen molar-refractivity contribution in [3.63, 3.8) is 0 Å². The summed E-state index contributed by atoms with van der Waals surface area (Å²) in [5.74, 6) is 4.79. The van der Waals surface area contributed by atoms with Crippen molar-refractivity contribution in [1.82, 2.24) is 0 Å². The van der Waals surface area contributed by atoms with Gasteiger partial charge in [0.05, 0.1) is 0 Å². The maximum atomic E-state index is 10.0. The summed E-state index contributed by atoms with van der Waals surface area (Å²) in [5.41, 5.74) is 0. The Morgan fingerprint density at radius 1 is 1.78 bits per heavy atom. The number of hydrogen-bond acceptors (Lipinski definition) is 3. The largest absolute Gasteiger partial charge is 0.300 e. The van der Waals surface area contributed by atoms with E-state index in [0.29, 0.717) is 0 Å². The van der Waals surface area contributed by atoms with Crippen molar-refractivity contribution in [2.45, 2.75) is 32.3 Å². The first-order valence-electron chi connectivity index (χ1n) is 3.16. The van der Waals surface area contributed by atoms with Crippen LogP contribution < -0.4 is 5.90 Å². The fraction of sp³-hybridized carbons (Fsp3) is 0.833. The van der Waals surface area contributed by atoms with Gasteiger partial charge in [0.15, 0.2) is 6.29 Å². The van der Waals surface area contributed by atoms with E-state index >= 15 is 0 Å². The molecule has 0 saturated carbocycles. The van der Waals surface area contributed by atoms with Crippen LogP contribution in [-0.4, -0.2) is 12.4 Å². The van der Waals surface area contributed by atoms with Gasteiger partial charge < -0.3 is 4.79 Å². The van der Waals surface area contributed by atoms with Gasteiger partial charge in [-0.15, -0.1) is 0 Å². The first-order valence-corrected chi connectivity index (χ1v) is 3.16. The van der Waals surface area contributed by atoms with Crippen LogP contribution in [0.4, 0.5) is 0 Å². The van der Waals surface area contributed by atoms with Crippen molar-refractivity contribution in [3.05, 3.63) is 0 Å². The lowest BCUT2D eigenvalue weighted by atomic mass is 10.2. The molecule has 54 valence electrons. The van der Waals surface area contributed by atoms with E-state index in [4.69, 9.17) is 5.90 Å². The van der Waals surface area contributed by atoms with Gasteiger partial charge in [-0.3, -0.25) is 4.84 Å². The van der Waals surface area contributed by atoms with Gasteiger partial charge in [-0.25, -0.2) is 5.90 Å². The SMILES string of the molecule is CCCCC(C=O)ON. The van der Waals surface area contributed by atoms with Crippen molar-refractivity contribution >= 4 is 6.29 Å². The van der Waals surface area contributed by atoms with E-state index in [1.54, 1.807) is 0 Å². The number of aldehydes is 1. The van der Waals surface area contributed by atoms with Gasteiger partial charge in [-0.05, 0) is 6.42 Å². The van der Waals surface area contributed by atoms with E-state index in [2.05, 4.69) is 11.8 Å². The van der Waals surface area contributed by atoms with Crippen LogP contribution in [0.15, 0.2) is 0 Å². The van der Waals surface area contributed by atoms with Crippen LogP contribution in [0.5, 0.6) is 0 Å². The molecule has 0 aliphatic heterocycles. The average molecular weight is 131 g/mol. The molecule has 1 unspecified atom stereocenters. The molecule has 0 aliphatic carbocycles. The van der Waals surface area contributed by atoms with Gasteiger partial charge in [0.1, 0.15) is 6.10 Å². The fourth-order valence-electron chi connectivity index (χ4n) is 0.573. The zero-order chi connectivity index (χ0) is 7.11. The van der Waals surface area contributed by atoms with Crippen LogP contribution in [-0.2, 0) is 9.63 Å². The first-order chi connectivity index (χ1) is 4.35. The maximum Gasteiger partial charge on any atom is 0.150 e. The minimum Gasteiger partial charge on any atom is -0.300 e. The molecule has 0 radical (unpaired) electrons. The van der Waals surface area contributed by atoms with Crippen LogP contribution in [0.1, 0.15) is 26.2 Å². The second-order valence-electron chi connectivity index (χ2n) is 1.95. The summed E-state index contributed by atoms with van der Waals surface area (Å²) in [7, 11) is 0. The molecular formula is C6H13NO2. The Morgan fingerprint density at radius 3 is 2.78 bits per heavy atom. The van der Waals surface area contributed by atoms with E-state index in [-0.39, 0.29) is 0 Å². The van der Waals surface area contributed by atoms with Crippen LogP contribution in [0.25, 0.3) is 0 Å². The molecule has 0 aliphatic rings. The fourth-order valence-corrected chi connectivity index (χ4v) is 0.573. The van der Waals surface area contributed by atoms with Gasteiger partial charge in [0.2, 0.25) is 0 Å². The van der Waals surface area contributed by atoms with Gasteiger partial charge in [-0.2, -0.15) is 0 Å². The molecule has 9 heavy (non-hydrogen) atoms. The second-order valence-corrected chi connectivity index (χ2v) is 1.95. The molecule has 0 rings (SSSR count). The Morgan fingerprint density at radius 2 is 2.44 bits per heavy atom. The molecule has 3 nitrogen and oxygen atoms in total. The first kappa shape index (κ1) is 8.59. The Kier molecular flexibility index (Phi) is 5.46. The normalized spacial score (nSPS) is 13.1. The summed E-state index contributed by atoms with van der Waals surface area (Å²) in [5, 5.41) is 0. The van der Waals surface area contributed by atoms with Crippen LogP contribution in [0.3, 0.4) is 0 Å². The molecule has 0 amide bonds. The van der Waals surface area contributed by atoms with E-state index < -0.39 is 6.10 Å². The second kappa shape index (κ2) is 5.72. The molecule has 0 aromatic carbocycles. The lowest BCUT2D eigenvalue weighted by Crippen LogP contribution is -2.18. The number of carbonyl (C=O) groups excluding carboxylic acids is 1. The smallest absolute Gasteiger partial charge is 0.150 e. The summed E-state index contributed by atoms with van der Waals surface area (Å²) in [4.78, 5) is 14.4. The van der Waals surface area contributed by atoms with Crippen molar-refractivity contribution < 1.29 is 9.63 Å². The maximum absolute atomic E-state index is 10.0. The number of hydrogen-bond donors (Lipinski definition) is 1. The van der Waals surface area contributed by atoms with Gasteiger partial charge in [0.25, 0.3) is 0 Å². The van der Waals surface area contributed by atoms with Gasteiger partial charge in [-0.1, -0.05) is 19.8 Å². The third kappa shape index (κ3) is 4.12. The highest BCUT2D eigenvalue weighted by Crippen LogP contribution is 1.99. The predicted molar refractivity (Wildman–Crippen MR) is 34.6 cm³/mol. The number of unbranched alkanes of at least 4 members (excludes halogenated alkanes) is 1. The molecule has 0 spiro atoms. The van der Waals surface area contributed by atoms with E-state index in [1.165, 1.54) is 0 Å². The van der Waals surface area contributed by atoms with E-state index in [0.717, 1.165) is 25.5 Å². The van der Waals surface area contributed by atoms with E-state index in [9.17, 15) is 4.79 Å². The van der Waals surface area contributed by atoms with Crippen molar-refractivity contribution in [1.29, 1.82) is 0 Å². The molecule has 0 heterocycles. The molecule has 1 atom stereocenters. The molecule has 0 bridgehead atoms. The quantitative estimate of drug-likeness (QED) is 0.440. The Hall–Kier alpha value is -0.410. The zero-order valence-corrected chi connectivity index (χ0v) is 5.67. The number of rotatable bonds is 5. The molecule has 2 N–H and O–H groups in total. The molecule has 3 heteroatoms. The van der Waals surface area contributed by atoms with Crippen LogP contribution >= 0.6 is 0 Å². The predicted octanol–water partition coefficient (Wildman–Crippen LogP) is 0.634. The zero-order valence-electron chi connectivity index (χ0n) is 5.67. The lowest BCUT2D eigenvalue weighted by molar-refractivity contribution is -0.118. The Balaban J connectivity index is 3.20. The number of carbonyl (C=O) groups is 1. The summed E-state index contributed by atoms with van der Waals surface area (Å²) in [6.45, 7) is 2.05. The van der Waals surface area contributed by atoms with Gasteiger partial charge >= 0.3 is 0 Å². The summed E-state index contributed by atoms with van der Waals surface area (Å²) in [6, 6.07) is 0. The molecule has 0 aromatic heterocycles. The summed E-state index contributed by atoms with van der Waals surface area (Å²) in [6.07, 6.45) is 3.12. The molecule has 0 aromatic rings. The minimum absolute atomic E-state index is 0.398. The highest BCUT2D eigenvalue weighted by Gasteiger charge is 2.02. The molecular weight excluding hydrogens is 118 g/mol. The Labute approximate surface area is 55.1 Å². The molecule has 0 fully saturated rings. The van der Waals surface area contributed by atoms with Crippen LogP contribution in [0.2, 0.25) is 0 Å².